The molecule has 0 radical (unpaired) electrons. The van der Waals surface area contributed by atoms with Gasteiger partial charge in [0, 0.05) is 4.90 Å². The summed E-state index contributed by atoms with van der Waals surface area (Å²) >= 11 is 1.17. The van der Waals surface area contributed by atoms with Crippen LogP contribution in [0.4, 0.5) is 0 Å². The van der Waals surface area contributed by atoms with Gasteiger partial charge < -0.3 is 0 Å². The number of ketones is 1. The zero-order valence-electron chi connectivity index (χ0n) is 9.16. The maximum absolute atomic E-state index is 11.5. The van der Waals surface area contributed by atoms with Crippen molar-refractivity contribution in [3.8, 4) is 0 Å². The van der Waals surface area contributed by atoms with Crippen molar-refractivity contribution in [2.75, 3.05) is 0 Å². The second-order valence-electron chi connectivity index (χ2n) is 3.57. The highest BCUT2D eigenvalue weighted by atomic mass is 32.2. The van der Waals surface area contributed by atoms with Crippen LogP contribution in [-0.4, -0.2) is 10.9 Å². The van der Waals surface area contributed by atoms with Gasteiger partial charge in [0.2, 0.25) is 5.12 Å². The lowest BCUT2D eigenvalue weighted by atomic mass is 10.2. The fraction of sp³-hybridized carbons (Fsp3) is 0.333. The number of aryl methyl sites for hydroxylation is 2. The number of hydrogen-bond acceptors (Lipinski definition) is 3. The SMILES string of the molecule is CC(=O)CC(=O)Sc1c(C)cccc1C. The van der Waals surface area contributed by atoms with Gasteiger partial charge in [-0.05, 0) is 31.9 Å². The Morgan fingerprint density at radius 2 is 1.73 bits per heavy atom. The maximum Gasteiger partial charge on any atom is 0.201 e. The molecule has 0 aliphatic rings. The summed E-state index contributed by atoms with van der Waals surface area (Å²) in [6.45, 7) is 5.37. The number of Topliss-reactive ketones (excluding diaryl/α,β-unsaturated/α-hetero) is 1. The molecule has 1 rings (SSSR count). The molecular weight excluding hydrogens is 208 g/mol. The molecule has 2 nitrogen and oxygen atoms in total. The van der Waals surface area contributed by atoms with Crippen molar-refractivity contribution in [1.82, 2.24) is 0 Å². The number of rotatable bonds is 3. The highest BCUT2D eigenvalue weighted by molar-refractivity contribution is 8.13. The first-order valence-electron chi connectivity index (χ1n) is 4.77. The van der Waals surface area contributed by atoms with Gasteiger partial charge in [-0.25, -0.2) is 0 Å². The molecule has 0 saturated carbocycles. The van der Waals surface area contributed by atoms with E-state index >= 15 is 0 Å². The van der Waals surface area contributed by atoms with Gasteiger partial charge in [0.25, 0.3) is 0 Å². The summed E-state index contributed by atoms with van der Waals surface area (Å²) in [5, 5.41) is -0.0834. The normalized spacial score (nSPS) is 10.1. The lowest BCUT2D eigenvalue weighted by Gasteiger charge is -2.06. The second kappa shape index (κ2) is 5.12. The van der Waals surface area contributed by atoms with Crippen LogP contribution in [0.1, 0.15) is 24.5 Å². The average molecular weight is 222 g/mol. The molecule has 0 heterocycles. The highest BCUT2D eigenvalue weighted by Crippen LogP contribution is 2.27. The fourth-order valence-electron chi connectivity index (χ4n) is 1.31. The third-order valence-electron chi connectivity index (χ3n) is 2.02. The van der Waals surface area contributed by atoms with Crippen LogP contribution in [0.5, 0.6) is 0 Å². The van der Waals surface area contributed by atoms with Crippen molar-refractivity contribution in [3.05, 3.63) is 29.3 Å². The predicted octanol–water partition coefficient (Wildman–Crippen LogP) is 2.90. The van der Waals surface area contributed by atoms with E-state index in [9.17, 15) is 9.59 Å². The van der Waals surface area contributed by atoms with Crippen LogP contribution in [0.2, 0.25) is 0 Å². The Morgan fingerprint density at radius 1 is 1.20 bits per heavy atom. The quantitative estimate of drug-likeness (QED) is 0.582. The van der Waals surface area contributed by atoms with Gasteiger partial charge in [0.1, 0.15) is 5.78 Å². The number of hydrogen-bond donors (Lipinski definition) is 0. The lowest BCUT2D eigenvalue weighted by molar-refractivity contribution is -0.121. The molecule has 0 N–H and O–H groups in total. The van der Waals surface area contributed by atoms with Crippen molar-refractivity contribution in [3.63, 3.8) is 0 Å². The van der Waals surface area contributed by atoms with Gasteiger partial charge >= 0.3 is 0 Å². The van der Waals surface area contributed by atoms with E-state index in [0.717, 1.165) is 16.0 Å². The minimum Gasteiger partial charge on any atom is -0.300 e. The van der Waals surface area contributed by atoms with Gasteiger partial charge in [-0.2, -0.15) is 0 Å². The van der Waals surface area contributed by atoms with Crippen LogP contribution >= 0.6 is 11.8 Å². The van der Waals surface area contributed by atoms with E-state index in [1.54, 1.807) is 0 Å². The summed E-state index contributed by atoms with van der Waals surface area (Å²) < 4.78 is 0. The molecular formula is C12H14O2S. The van der Waals surface area contributed by atoms with Gasteiger partial charge in [-0.15, -0.1) is 0 Å². The largest absolute Gasteiger partial charge is 0.300 e. The third-order valence-corrected chi connectivity index (χ3v) is 3.24. The fourth-order valence-corrected chi connectivity index (χ4v) is 2.27. The average Bonchev–Trinajstić information content (AvgIpc) is 2.10. The summed E-state index contributed by atoms with van der Waals surface area (Å²) in [6, 6.07) is 5.90. The van der Waals surface area contributed by atoms with E-state index in [0.29, 0.717) is 0 Å². The Hall–Kier alpha value is -1.09. The molecule has 1 aromatic rings. The molecule has 15 heavy (non-hydrogen) atoms. The van der Waals surface area contributed by atoms with Gasteiger partial charge in [0.15, 0.2) is 0 Å². The third kappa shape index (κ3) is 3.51. The first kappa shape index (κ1) is 12.0. The molecule has 0 atom stereocenters. The molecule has 0 saturated heterocycles. The van der Waals surface area contributed by atoms with E-state index in [4.69, 9.17) is 0 Å². The molecule has 0 bridgehead atoms. The molecule has 0 aliphatic heterocycles. The summed E-state index contributed by atoms with van der Waals surface area (Å²) in [5.41, 5.74) is 2.16. The van der Waals surface area contributed by atoms with Crippen LogP contribution in [0.15, 0.2) is 23.1 Å². The Bertz CT molecular complexity index is 376. The Morgan fingerprint density at radius 3 is 2.20 bits per heavy atom. The first-order chi connectivity index (χ1) is 7.00. The summed E-state index contributed by atoms with van der Waals surface area (Å²) in [7, 11) is 0. The number of benzene rings is 1. The van der Waals surface area contributed by atoms with Crippen LogP contribution in [0.3, 0.4) is 0 Å². The molecule has 0 unspecified atom stereocenters. The van der Waals surface area contributed by atoms with Crippen LogP contribution in [-0.2, 0) is 9.59 Å². The van der Waals surface area contributed by atoms with Crippen LogP contribution < -0.4 is 0 Å². The Kier molecular flexibility index (Phi) is 4.09. The Labute approximate surface area is 94.1 Å². The monoisotopic (exact) mass is 222 g/mol. The Balaban J connectivity index is 2.80. The van der Waals surface area contributed by atoms with E-state index in [-0.39, 0.29) is 17.3 Å². The highest BCUT2D eigenvalue weighted by Gasteiger charge is 2.11. The number of thioether (sulfide) groups is 1. The van der Waals surface area contributed by atoms with Crippen molar-refractivity contribution >= 4 is 22.7 Å². The first-order valence-corrected chi connectivity index (χ1v) is 5.58. The predicted molar refractivity (Wildman–Crippen MR) is 62.1 cm³/mol. The molecule has 80 valence electrons. The van der Waals surface area contributed by atoms with Gasteiger partial charge in [-0.1, -0.05) is 30.0 Å². The van der Waals surface area contributed by atoms with Crippen molar-refractivity contribution < 1.29 is 9.59 Å². The van der Waals surface area contributed by atoms with Gasteiger partial charge in [-0.3, -0.25) is 9.59 Å². The molecule has 0 fully saturated rings. The smallest absolute Gasteiger partial charge is 0.201 e. The second-order valence-corrected chi connectivity index (χ2v) is 4.64. The zero-order chi connectivity index (χ0) is 11.4. The van der Waals surface area contributed by atoms with E-state index in [1.165, 1.54) is 18.7 Å². The molecule has 0 spiro atoms. The minimum absolute atomic E-state index is 0.0123. The van der Waals surface area contributed by atoms with Crippen molar-refractivity contribution in [2.24, 2.45) is 0 Å². The van der Waals surface area contributed by atoms with Crippen molar-refractivity contribution in [1.29, 1.82) is 0 Å². The van der Waals surface area contributed by atoms with Crippen molar-refractivity contribution in [2.45, 2.75) is 32.1 Å². The maximum atomic E-state index is 11.5. The number of carbonyl (C=O) groups is 2. The topological polar surface area (TPSA) is 34.1 Å². The van der Waals surface area contributed by atoms with E-state index < -0.39 is 0 Å². The van der Waals surface area contributed by atoms with Gasteiger partial charge in [0.05, 0.1) is 6.42 Å². The standard InChI is InChI=1S/C12H14O2S/c1-8-5-4-6-9(2)12(8)15-11(14)7-10(3)13/h4-6H,7H2,1-3H3. The summed E-state index contributed by atoms with van der Waals surface area (Å²) in [6.07, 6.45) is 0.0123. The molecule has 0 aliphatic carbocycles. The lowest BCUT2D eigenvalue weighted by Crippen LogP contribution is -2.00. The zero-order valence-corrected chi connectivity index (χ0v) is 9.98. The number of carbonyl (C=O) groups excluding carboxylic acids is 2. The van der Waals surface area contributed by atoms with Crippen LogP contribution in [0, 0.1) is 13.8 Å². The van der Waals surface area contributed by atoms with Crippen LogP contribution in [0.25, 0.3) is 0 Å². The molecule has 3 heteroatoms. The molecule has 0 aromatic heterocycles. The van der Waals surface area contributed by atoms with E-state index in [2.05, 4.69) is 0 Å². The summed E-state index contributed by atoms with van der Waals surface area (Å²) in [5.74, 6) is -0.0845. The molecule has 0 amide bonds. The molecule has 1 aromatic carbocycles. The summed E-state index contributed by atoms with van der Waals surface area (Å²) in [4.78, 5) is 23.2. The van der Waals surface area contributed by atoms with E-state index in [1.807, 2.05) is 32.0 Å². The minimum atomic E-state index is -0.0845.